The van der Waals surface area contributed by atoms with Gasteiger partial charge < -0.3 is 0 Å². The van der Waals surface area contributed by atoms with Crippen molar-refractivity contribution in [1.29, 1.82) is 0 Å². The molecule has 0 spiro atoms. The van der Waals surface area contributed by atoms with Crippen LogP contribution in [0.15, 0.2) is 24.5 Å². The maximum Gasteiger partial charge on any atom is 0.214 e. The molecule has 2 rings (SSSR count). The van der Waals surface area contributed by atoms with Crippen molar-refractivity contribution >= 4 is 21.6 Å². The molecule has 112 valence electrons. The van der Waals surface area contributed by atoms with Crippen molar-refractivity contribution in [2.75, 3.05) is 12.8 Å². The Morgan fingerprint density at radius 2 is 1.95 bits per heavy atom. The maximum atomic E-state index is 12.4. The molecule has 0 bridgehead atoms. The number of sulfonamides is 1. The van der Waals surface area contributed by atoms with E-state index in [1.165, 1.54) is 4.31 Å². The number of hydrogen-bond acceptors (Lipinski definition) is 3. The molecule has 1 aliphatic carbocycles. The Kier molecular flexibility index (Phi) is 5.41. The van der Waals surface area contributed by atoms with Crippen molar-refractivity contribution in [1.82, 2.24) is 9.29 Å². The minimum absolute atomic E-state index is 0.0622. The Hall–Kier alpha value is -0.650. The number of hydrogen-bond donors (Lipinski definition) is 0. The van der Waals surface area contributed by atoms with E-state index in [1.807, 2.05) is 12.1 Å². The molecular weight excluding hydrogens is 296 g/mol. The van der Waals surface area contributed by atoms with Gasteiger partial charge >= 0.3 is 0 Å². The molecule has 0 amide bonds. The lowest BCUT2D eigenvalue weighted by molar-refractivity contribution is 0.291. The second-order valence-corrected chi connectivity index (χ2v) is 8.01. The SMILES string of the molecule is CN(C1CCCCC1Cl)S(=O)(=O)CCc1ccncc1. The maximum absolute atomic E-state index is 12.4. The first kappa shape index (κ1) is 15.7. The monoisotopic (exact) mass is 316 g/mol. The van der Waals surface area contributed by atoms with Gasteiger partial charge in [0, 0.05) is 25.5 Å². The van der Waals surface area contributed by atoms with Crippen molar-refractivity contribution in [3.63, 3.8) is 0 Å². The van der Waals surface area contributed by atoms with Crippen LogP contribution in [0.5, 0.6) is 0 Å². The van der Waals surface area contributed by atoms with Crippen LogP contribution in [0.3, 0.4) is 0 Å². The van der Waals surface area contributed by atoms with E-state index in [4.69, 9.17) is 11.6 Å². The molecule has 1 aromatic rings. The van der Waals surface area contributed by atoms with E-state index in [2.05, 4.69) is 4.98 Å². The fourth-order valence-electron chi connectivity index (χ4n) is 2.62. The Bertz CT molecular complexity index is 521. The lowest BCUT2D eigenvalue weighted by Gasteiger charge is -2.34. The van der Waals surface area contributed by atoms with E-state index in [0.717, 1.165) is 31.2 Å². The molecule has 1 aromatic heterocycles. The van der Waals surface area contributed by atoms with E-state index in [0.29, 0.717) is 6.42 Å². The van der Waals surface area contributed by atoms with E-state index in [1.54, 1.807) is 19.4 Å². The van der Waals surface area contributed by atoms with Crippen molar-refractivity contribution in [3.8, 4) is 0 Å². The molecular formula is C14H21ClN2O2S. The summed E-state index contributed by atoms with van der Waals surface area (Å²) in [5.41, 5.74) is 0.989. The predicted molar refractivity (Wildman–Crippen MR) is 81.4 cm³/mol. The minimum atomic E-state index is -3.26. The highest BCUT2D eigenvalue weighted by Gasteiger charge is 2.32. The average Bonchev–Trinajstić information content (AvgIpc) is 2.46. The van der Waals surface area contributed by atoms with Gasteiger partial charge in [-0.2, -0.15) is 0 Å². The number of halogens is 1. The molecule has 1 heterocycles. The van der Waals surface area contributed by atoms with Crippen LogP contribution in [0, 0.1) is 0 Å². The largest absolute Gasteiger partial charge is 0.265 e. The van der Waals surface area contributed by atoms with Crippen LogP contribution in [0.4, 0.5) is 0 Å². The zero-order chi connectivity index (χ0) is 14.6. The van der Waals surface area contributed by atoms with E-state index in [9.17, 15) is 8.42 Å². The summed E-state index contributed by atoms with van der Waals surface area (Å²) in [5, 5.41) is -0.0653. The van der Waals surface area contributed by atoms with Crippen molar-refractivity contribution < 1.29 is 8.42 Å². The van der Waals surface area contributed by atoms with Gasteiger partial charge in [-0.1, -0.05) is 12.8 Å². The Labute approximate surface area is 126 Å². The van der Waals surface area contributed by atoms with Crippen LogP contribution in [0.25, 0.3) is 0 Å². The molecule has 1 fully saturated rings. The van der Waals surface area contributed by atoms with Crippen molar-refractivity contribution in [3.05, 3.63) is 30.1 Å². The zero-order valence-corrected chi connectivity index (χ0v) is 13.3. The van der Waals surface area contributed by atoms with Crippen LogP contribution in [-0.2, 0) is 16.4 Å². The molecule has 2 atom stereocenters. The van der Waals surface area contributed by atoms with Gasteiger partial charge in [-0.3, -0.25) is 4.98 Å². The smallest absolute Gasteiger partial charge is 0.214 e. The highest BCUT2D eigenvalue weighted by Crippen LogP contribution is 2.28. The zero-order valence-electron chi connectivity index (χ0n) is 11.7. The quantitative estimate of drug-likeness (QED) is 0.784. The van der Waals surface area contributed by atoms with Crippen LogP contribution >= 0.6 is 11.6 Å². The molecule has 0 N–H and O–H groups in total. The van der Waals surface area contributed by atoms with Crippen LogP contribution in [0.2, 0.25) is 0 Å². The summed E-state index contributed by atoms with van der Waals surface area (Å²) in [4.78, 5) is 3.93. The first-order chi connectivity index (χ1) is 9.50. The first-order valence-corrected chi connectivity index (χ1v) is 9.04. The number of pyridine rings is 1. The molecule has 4 nitrogen and oxygen atoms in total. The first-order valence-electron chi connectivity index (χ1n) is 6.99. The Morgan fingerprint density at radius 3 is 2.60 bits per heavy atom. The summed E-state index contributed by atoms with van der Waals surface area (Å²) in [5.74, 6) is 0.119. The summed E-state index contributed by atoms with van der Waals surface area (Å²) in [6, 6.07) is 3.63. The van der Waals surface area contributed by atoms with Gasteiger partial charge in [-0.25, -0.2) is 12.7 Å². The second-order valence-electron chi connectivity index (χ2n) is 5.31. The average molecular weight is 317 g/mol. The summed E-state index contributed by atoms with van der Waals surface area (Å²) < 4.78 is 26.3. The van der Waals surface area contributed by atoms with E-state index in [-0.39, 0.29) is 17.2 Å². The molecule has 0 radical (unpaired) electrons. The number of rotatable bonds is 5. The van der Waals surface area contributed by atoms with Crippen LogP contribution < -0.4 is 0 Å². The van der Waals surface area contributed by atoms with E-state index >= 15 is 0 Å². The van der Waals surface area contributed by atoms with Gasteiger partial charge in [0.25, 0.3) is 0 Å². The molecule has 0 aliphatic heterocycles. The fraction of sp³-hybridized carbons (Fsp3) is 0.643. The Morgan fingerprint density at radius 1 is 1.30 bits per heavy atom. The fourth-order valence-corrected chi connectivity index (χ4v) is 4.58. The lowest BCUT2D eigenvalue weighted by Crippen LogP contribution is -2.45. The number of alkyl halides is 1. The second kappa shape index (κ2) is 6.87. The van der Waals surface area contributed by atoms with Gasteiger partial charge in [-0.05, 0) is 37.0 Å². The number of nitrogens with zero attached hydrogens (tertiary/aromatic N) is 2. The van der Waals surface area contributed by atoms with Crippen LogP contribution in [-0.4, -0.2) is 41.9 Å². The summed E-state index contributed by atoms with van der Waals surface area (Å²) in [7, 11) is -1.60. The van der Waals surface area contributed by atoms with Gasteiger partial charge in [0.05, 0.1) is 11.1 Å². The highest BCUT2D eigenvalue weighted by atomic mass is 35.5. The number of aryl methyl sites for hydroxylation is 1. The molecule has 1 saturated carbocycles. The predicted octanol–water partition coefficient (Wildman–Crippen LogP) is 2.44. The highest BCUT2D eigenvalue weighted by molar-refractivity contribution is 7.89. The molecule has 20 heavy (non-hydrogen) atoms. The van der Waals surface area contributed by atoms with Gasteiger partial charge in [0.15, 0.2) is 0 Å². The van der Waals surface area contributed by atoms with Gasteiger partial charge in [0.2, 0.25) is 10.0 Å². The van der Waals surface area contributed by atoms with E-state index < -0.39 is 10.0 Å². The lowest BCUT2D eigenvalue weighted by atomic mass is 9.95. The third kappa shape index (κ3) is 3.93. The summed E-state index contributed by atoms with van der Waals surface area (Å²) in [6.45, 7) is 0. The normalized spacial score (nSPS) is 23.9. The standard InChI is InChI=1S/C14H21ClN2O2S/c1-17(14-5-3-2-4-13(14)15)20(18,19)11-8-12-6-9-16-10-7-12/h6-7,9-10,13-14H,2-5,8,11H2,1H3. The van der Waals surface area contributed by atoms with Crippen LogP contribution in [0.1, 0.15) is 31.2 Å². The minimum Gasteiger partial charge on any atom is -0.265 e. The Balaban J connectivity index is 1.98. The summed E-state index contributed by atoms with van der Waals surface area (Å²) in [6.07, 6.45) is 7.78. The van der Waals surface area contributed by atoms with Crippen molar-refractivity contribution in [2.45, 2.75) is 43.5 Å². The summed E-state index contributed by atoms with van der Waals surface area (Å²) >= 11 is 6.29. The molecule has 6 heteroatoms. The topological polar surface area (TPSA) is 50.3 Å². The van der Waals surface area contributed by atoms with Crippen molar-refractivity contribution in [2.24, 2.45) is 0 Å². The number of aromatic nitrogens is 1. The third-order valence-electron chi connectivity index (χ3n) is 3.95. The third-order valence-corrected chi connectivity index (χ3v) is 6.33. The molecule has 1 aliphatic rings. The molecule has 2 unspecified atom stereocenters. The van der Waals surface area contributed by atoms with Gasteiger partial charge in [-0.15, -0.1) is 11.6 Å². The molecule has 0 aromatic carbocycles. The molecule has 0 saturated heterocycles. The van der Waals surface area contributed by atoms with Gasteiger partial charge in [0.1, 0.15) is 0 Å².